The Labute approximate surface area is 204 Å². The number of nitrogens with one attached hydrogen (secondary N) is 1. The molecule has 10 heteroatoms. The van der Waals surface area contributed by atoms with Gasteiger partial charge in [-0.2, -0.15) is 0 Å². The second-order valence-electron chi connectivity index (χ2n) is 6.55. The van der Waals surface area contributed by atoms with E-state index in [1.165, 1.54) is 35.6 Å². The molecular formula is C22H14Cl3N3O2S2. The molecule has 1 aromatic heterocycles. The van der Waals surface area contributed by atoms with Crippen LogP contribution in [0.3, 0.4) is 0 Å². The lowest BCUT2D eigenvalue weighted by Gasteiger charge is -2.11. The molecule has 32 heavy (non-hydrogen) atoms. The van der Waals surface area contributed by atoms with E-state index in [9.17, 15) is 8.42 Å². The molecule has 0 spiro atoms. The van der Waals surface area contributed by atoms with Gasteiger partial charge in [-0.05, 0) is 48.0 Å². The van der Waals surface area contributed by atoms with E-state index >= 15 is 0 Å². The van der Waals surface area contributed by atoms with Gasteiger partial charge in [-0.25, -0.2) is 18.4 Å². The topological polar surface area (TPSA) is 71.4 Å². The van der Waals surface area contributed by atoms with Gasteiger partial charge in [-0.15, -0.1) is 11.3 Å². The van der Waals surface area contributed by atoms with E-state index in [1.807, 2.05) is 11.4 Å². The molecule has 1 N–H and O–H groups in total. The molecule has 0 unspecified atom stereocenters. The molecule has 0 radical (unpaired) electrons. The smallest absolute Gasteiger partial charge is 0.261 e. The Bertz CT molecular complexity index is 1400. The third-order valence-electron chi connectivity index (χ3n) is 4.33. The molecule has 0 bridgehead atoms. The molecule has 4 rings (SSSR count). The molecule has 0 saturated carbocycles. The van der Waals surface area contributed by atoms with Gasteiger partial charge in [0.15, 0.2) is 0 Å². The normalized spacial score (nSPS) is 11.7. The Morgan fingerprint density at radius 2 is 1.69 bits per heavy atom. The Morgan fingerprint density at radius 3 is 2.44 bits per heavy atom. The monoisotopic (exact) mass is 521 g/mol. The van der Waals surface area contributed by atoms with Crippen LogP contribution in [0.1, 0.15) is 5.56 Å². The van der Waals surface area contributed by atoms with E-state index in [2.05, 4.69) is 14.7 Å². The van der Waals surface area contributed by atoms with Gasteiger partial charge in [0.2, 0.25) is 5.13 Å². The molecule has 5 nitrogen and oxygen atoms in total. The van der Waals surface area contributed by atoms with Gasteiger partial charge in [0.25, 0.3) is 10.0 Å². The Balaban J connectivity index is 1.59. The average Bonchev–Trinajstić information content (AvgIpc) is 3.24. The van der Waals surface area contributed by atoms with E-state index in [0.29, 0.717) is 37.1 Å². The molecule has 0 fully saturated rings. The van der Waals surface area contributed by atoms with Crippen molar-refractivity contribution < 1.29 is 8.42 Å². The van der Waals surface area contributed by atoms with Crippen molar-refractivity contribution in [3.05, 3.63) is 92.7 Å². The second-order valence-corrected chi connectivity index (χ2v) is 10.3. The van der Waals surface area contributed by atoms with Crippen molar-refractivity contribution >= 4 is 73.2 Å². The summed E-state index contributed by atoms with van der Waals surface area (Å²) in [5.41, 5.74) is 2.43. The van der Waals surface area contributed by atoms with Crippen LogP contribution in [-0.2, 0) is 10.0 Å². The molecule has 0 aliphatic carbocycles. The van der Waals surface area contributed by atoms with Crippen LogP contribution in [0, 0.1) is 0 Å². The number of nitrogens with zero attached hydrogens (tertiary/aromatic N) is 2. The number of para-hydroxylation sites is 1. The van der Waals surface area contributed by atoms with E-state index in [-0.39, 0.29) is 4.90 Å². The molecule has 3 aromatic carbocycles. The highest BCUT2D eigenvalue weighted by atomic mass is 35.5. The zero-order chi connectivity index (χ0) is 22.7. The third-order valence-corrected chi connectivity index (χ3v) is 7.45. The zero-order valence-electron chi connectivity index (χ0n) is 16.2. The first-order chi connectivity index (χ1) is 15.3. The molecular weight excluding hydrogens is 509 g/mol. The van der Waals surface area contributed by atoms with Crippen LogP contribution >= 0.6 is 46.1 Å². The highest BCUT2D eigenvalue weighted by molar-refractivity contribution is 7.92. The lowest BCUT2D eigenvalue weighted by Crippen LogP contribution is -2.13. The lowest BCUT2D eigenvalue weighted by molar-refractivity contribution is 0.601. The Hall–Kier alpha value is -2.42. The number of benzene rings is 3. The molecule has 0 amide bonds. The predicted molar refractivity (Wildman–Crippen MR) is 134 cm³/mol. The zero-order valence-corrected chi connectivity index (χ0v) is 20.1. The standard InChI is InChI=1S/C22H14Cl3N3O2S2/c23-15-6-8-16(9-7-15)32(29,30)28-20-4-2-1-3-17(20)21-13-31-22(27-21)26-12-14-5-10-18(24)19(25)11-14/h1-13,28H/b26-12+. The van der Waals surface area contributed by atoms with Crippen molar-refractivity contribution in [3.8, 4) is 11.3 Å². The van der Waals surface area contributed by atoms with Crippen molar-refractivity contribution in [1.29, 1.82) is 0 Å². The fourth-order valence-corrected chi connectivity index (χ4v) is 4.96. The van der Waals surface area contributed by atoms with Crippen LogP contribution < -0.4 is 4.72 Å². The summed E-state index contributed by atoms with van der Waals surface area (Å²) in [5.74, 6) is 0. The molecule has 4 aromatic rings. The molecule has 0 atom stereocenters. The van der Waals surface area contributed by atoms with Gasteiger partial charge < -0.3 is 0 Å². The van der Waals surface area contributed by atoms with Crippen molar-refractivity contribution in [1.82, 2.24) is 4.98 Å². The highest BCUT2D eigenvalue weighted by Crippen LogP contribution is 2.33. The minimum absolute atomic E-state index is 0.113. The fraction of sp³-hybridized carbons (Fsp3) is 0. The van der Waals surface area contributed by atoms with Crippen molar-refractivity contribution in [3.63, 3.8) is 0 Å². The SMILES string of the molecule is O=S(=O)(Nc1ccccc1-c1csc(/N=C/c2ccc(Cl)c(Cl)c2)n1)c1ccc(Cl)cc1. The summed E-state index contributed by atoms with van der Waals surface area (Å²) in [7, 11) is -3.79. The van der Waals surface area contributed by atoms with Gasteiger partial charge >= 0.3 is 0 Å². The molecule has 0 aliphatic heterocycles. The molecule has 1 heterocycles. The van der Waals surface area contributed by atoms with E-state index in [0.717, 1.165) is 5.56 Å². The summed E-state index contributed by atoms with van der Waals surface area (Å²) in [5, 5.41) is 3.70. The predicted octanol–water partition coefficient (Wildman–Crippen LogP) is 7.32. The summed E-state index contributed by atoms with van der Waals surface area (Å²) in [6.45, 7) is 0. The first kappa shape index (κ1) is 22.8. The number of anilines is 1. The fourth-order valence-electron chi connectivity index (χ4n) is 2.78. The van der Waals surface area contributed by atoms with E-state index in [1.54, 1.807) is 42.6 Å². The van der Waals surface area contributed by atoms with Crippen LogP contribution in [-0.4, -0.2) is 19.6 Å². The van der Waals surface area contributed by atoms with Crippen LogP contribution in [0.5, 0.6) is 0 Å². The number of hydrogen-bond acceptors (Lipinski definition) is 5. The van der Waals surface area contributed by atoms with E-state index < -0.39 is 10.0 Å². The average molecular weight is 523 g/mol. The number of aliphatic imine (C=N–C) groups is 1. The van der Waals surface area contributed by atoms with Crippen LogP contribution in [0.15, 0.2) is 82.0 Å². The van der Waals surface area contributed by atoms with Gasteiger partial charge in [0.05, 0.1) is 26.3 Å². The van der Waals surface area contributed by atoms with Gasteiger partial charge in [0, 0.05) is 22.2 Å². The maximum atomic E-state index is 12.8. The maximum Gasteiger partial charge on any atom is 0.261 e. The Morgan fingerprint density at radius 1 is 0.938 bits per heavy atom. The number of aromatic nitrogens is 1. The summed E-state index contributed by atoms with van der Waals surface area (Å²) in [4.78, 5) is 9.02. The lowest BCUT2D eigenvalue weighted by atomic mass is 10.1. The Kier molecular flexibility index (Phi) is 6.83. The van der Waals surface area contributed by atoms with Gasteiger partial charge in [-0.3, -0.25) is 4.72 Å². The number of sulfonamides is 1. The number of thiazole rings is 1. The van der Waals surface area contributed by atoms with Gasteiger partial charge in [0.1, 0.15) is 0 Å². The first-order valence-corrected chi connectivity index (χ1v) is 12.6. The molecule has 0 saturated heterocycles. The molecule has 162 valence electrons. The number of hydrogen-bond donors (Lipinski definition) is 1. The second kappa shape index (κ2) is 9.60. The van der Waals surface area contributed by atoms with Crippen LogP contribution in [0.25, 0.3) is 11.3 Å². The highest BCUT2D eigenvalue weighted by Gasteiger charge is 2.17. The van der Waals surface area contributed by atoms with E-state index in [4.69, 9.17) is 34.8 Å². The summed E-state index contributed by atoms with van der Waals surface area (Å²) in [6, 6.07) is 18.2. The quantitative estimate of drug-likeness (QED) is 0.270. The van der Waals surface area contributed by atoms with Crippen LogP contribution in [0.4, 0.5) is 10.8 Å². The maximum absolute atomic E-state index is 12.8. The third kappa shape index (κ3) is 5.31. The number of rotatable bonds is 6. The minimum atomic E-state index is -3.79. The molecule has 0 aliphatic rings. The van der Waals surface area contributed by atoms with Crippen molar-refractivity contribution in [2.45, 2.75) is 4.90 Å². The minimum Gasteiger partial charge on any atom is -0.279 e. The largest absolute Gasteiger partial charge is 0.279 e. The summed E-state index contributed by atoms with van der Waals surface area (Å²) < 4.78 is 28.2. The number of halogens is 3. The van der Waals surface area contributed by atoms with Crippen LogP contribution in [0.2, 0.25) is 15.1 Å². The van der Waals surface area contributed by atoms with Crippen molar-refractivity contribution in [2.24, 2.45) is 4.99 Å². The summed E-state index contributed by atoms with van der Waals surface area (Å²) in [6.07, 6.45) is 1.64. The summed E-state index contributed by atoms with van der Waals surface area (Å²) >= 11 is 19.2. The first-order valence-electron chi connectivity index (χ1n) is 9.14. The van der Waals surface area contributed by atoms with Crippen molar-refractivity contribution in [2.75, 3.05) is 4.72 Å². The van der Waals surface area contributed by atoms with Gasteiger partial charge in [-0.1, -0.05) is 59.1 Å².